The first kappa shape index (κ1) is 19.6. The van der Waals surface area contributed by atoms with Crippen molar-refractivity contribution in [2.45, 2.75) is 44.3 Å². The minimum atomic E-state index is -4.77. The summed E-state index contributed by atoms with van der Waals surface area (Å²) >= 11 is 3.29. The Hall–Kier alpha value is -2.16. The van der Waals surface area contributed by atoms with Crippen LogP contribution in [-0.2, 0) is 6.18 Å². The van der Waals surface area contributed by atoms with Crippen molar-refractivity contribution in [1.29, 1.82) is 0 Å². The molecule has 1 amide bonds. The Bertz CT molecular complexity index is 822. The number of hydrogen-bond acceptors (Lipinski definition) is 4. The van der Waals surface area contributed by atoms with Gasteiger partial charge in [-0.2, -0.15) is 13.2 Å². The molecule has 5 nitrogen and oxygen atoms in total. The quantitative estimate of drug-likeness (QED) is 0.693. The second-order valence-corrected chi connectivity index (χ2v) is 7.31. The normalized spacial score (nSPS) is 15.4. The van der Waals surface area contributed by atoms with Crippen molar-refractivity contribution in [3.8, 4) is 0 Å². The third-order valence-electron chi connectivity index (χ3n) is 4.32. The molecular formula is C18H18BrF3N4O. The summed E-state index contributed by atoms with van der Waals surface area (Å²) in [7, 11) is 0. The summed E-state index contributed by atoms with van der Waals surface area (Å²) in [6.07, 6.45) is 0.711. The van der Waals surface area contributed by atoms with E-state index in [0.717, 1.165) is 42.8 Å². The van der Waals surface area contributed by atoms with Crippen LogP contribution in [0, 0.1) is 0 Å². The lowest BCUT2D eigenvalue weighted by Crippen LogP contribution is -2.37. The van der Waals surface area contributed by atoms with Gasteiger partial charge in [-0.05, 0) is 31.0 Å². The van der Waals surface area contributed by atoms with Crippen LogP contribution < -0.4 is 10.6 Å². The highest BCUT2D eigenvalue weighted by Crippen LogP contribution is 2.31. The van der Waals surface area contributed by atoms with E-state index in [9.17, 15) is 18.0 Å². The number of alkyl halides is 3. The third-order valence-corrected chi connectivity index (χ3v) is 4.82. The molecule has 2 N–H and O–H groups in total. The summed E-state index contributed by atoms with van der Waals surface area (Å²) in [5.41, 5.74) is -1.28. The summed E-state index contributed by atoms with van der Waals surface area (Å²) < 4.78 is 41.2. The second kappa shape index (κ2) is 8.24. The monoisotopic (exact) mass is 442 g/mol. The van der Waals surface area contributed by atoms with Crippen LogP contribution in [0.4, 0.5) is 24.8 Å². The zero-order chi connectivity index (χ0) is 19.4. The Morgan fingerprint density at radius 1 is 1.19 bits per heavy atom. The lowest BCUT2D eigenvalue weighted by atomic mass is 9.95. The van der Waals surface area contributed by atoms with Crippen molar-refractivity contribution in [3.05, 3.63) is 46.2 Å². The van der Waals surface area contributed by atoms with Crippen LogP contribution in [0.5, 0.6) is 0 Å². The summed E-state index contributed by atoms with van der Waals surface area (Å²) in [5, 5.41) is 5.40. The molecule has 1 aromatic heterocycles. The molecule has 1 aliphatic carbocycles. The lowest BCUT2D eigenvalue weighted by molar-refractivity contribution is -0.141. The van der Waals surface area contributed by atoms with Gasteiger partial charge in [0.15, 0.2) is 5.69 Å². The minimum absolute atomic E-state index is 0.105. The van der Waals surface area contributed by atoms with E-state index >= 15 is 0 Å². The van der Waals surface area contributed by atoms with E-state index in [4.69, 9.17) is 0 Å². The number of benzene rings is 1. The first-order valence-corrected chi connectivity index (χ1v) is 9.40. The van der Waals surface area contributed by atoms with Gasteiger partial charge in [0.1, 0.15) is 0 Å². The van der Waals surface area contributed by atoms with Gasteiger partial charge in [-0.15, -0.1) is 0 Å². The maximum Gasteiger partial charge on any atom is 0.434 e. The summed E-state index contributed by atoms with van der Waals surface area (Å²) in [6.45, 7) is 0. The Kier molecular flexibility index (Phi) is 5.98. The molecular weight excluding hydrogens is 425 g/mol. The number of rotatable bonds is 4. The first-order chi connectivity index (χ1) is 12.8. The highest BCUT2D eigenvalue weighted by atomic mass is 79.9. The molecule has 0 saturated heterocycles. The fourth-order valence-corrected chi connectivity index (χ4v) is 3.43. The molecule has 0 atom stereocenters. The van der Waals surface area contributed by atoms with Gasteiger partial charge in [0.25, 0.3) is 5.91 Å². The van der Waals surface area contributed by atoms with E-state index in [2.05, 4.69) is 36.5 Å². The zero-order valence-electron chi connectivity index (χ0n) is 14.3. The van der Waals surface area contributed by atoms with Gasteiger partial charge in [-0.3, -0.25) is 4.79 Å². The minimum Gasteiger partial charge on any atom is -0.349 e. The van der Waals surface area contributed by atoms with Crippen molar-refractivity contribution in [1.82, 2.24) is 15.3 Å². The van der Waals surface area contributed by atoms with Crippen LogP contribution in [0.3, 0.4) is 0 Å². The van der Waals surface area contributed by atoms with Gasteiger partial charge in [-0.1, -0.05) is 41.3 Å². The predicted molar refractivity (Wildman–Crippen MR) is 98.8 cm³/mol. The smallest absolute Gasteiger partial charge is 0.349 e. The average molecular weight is 443 g/mol. The predicted octanol–water partition coefficient (Wildman–Crippen LogP) is 5.06. The molecule has 2 aromatic rings. The molecule has 0 aliphatic heterocycles. The number of halogens is 4. The fourth-order valence-electron chi connectivity index (χ4n) is 3.03. The highest BCUT2D eigenvalue weighted by Gasteiger charge is 2.38. The summed E-state index contributed by atoms with van der Waals surface area (Å²) in [4.78, 5) is 19.8. The van der Waals surface area contributed by atoms with Gasteiger partial charge in [0.05, 0.1) is 5.56 Å². The van der Waals surface area contributed by atoms with Crippen LogP contribution in [0.2, 0.25) is 0 Å². The van der Waals surface area contributed by atoms with Gasteiger partial charge in [-0.25, -0.2) is 9.97 Å². The van der Waals surface area contributed by atoms with E-state index in [1.54, 1.807) is 24.3 Å². The molecule has 1 aliphatic rings. The Balaban J connectivity index is 1.84. The van der Waals surface area contributed by atoms with Crippen LogP contribution in [0.1, 0.15) is 48.2 Å². The number of nitrogens with zero attached hydrogens (tertiary/aromatic N) is 2. The molecule has 144 valence electrons. The van der Waals surface area contributed by atoms with Gasteiger partial charge < -0.3 is 10.6 Å². The fraction of sp³-hybridized carbons (Fsp3) is 0.389. The van der Waals surface area contributed by atoms with Crippen LogP contribution in [0.15, 0.2) is 34.9 Å². The molecule has 1 fully saturated rings. The zero-order valence-corrected chi connectivity index (χ0v) is 15.9. The van der Waals surface area contributed by atoms with Gasteiger partial charge in [0.2, 0.25) is 5.95 Å². The number of carbonyl (C=O) groups excluding carboxylic acids is 1. The Morgan fingerprint density at radius 2 is 1.93 bits per heavy atom. The van der Waals surface area contributed by atoms with E-state index < -0.39 is 23.3 Å². The van der Waals surface area contributed by atoms with Crippen molar-refractivity contribution < 1.29 is 18.0 Å². The molecule has 0 spiro atoms. The van der Waals surface area contributed by atoms with Crippen molar-refractivity contribution in [2.24, 2.45) is 0 Å². The van der Waals surface area contributed by atoms with Gasteiger partial charge in [0, 0.05) is 22.4 Å². The van der Waals surface area contributed by atoms with E-state index in [0.29, 0.717) is 5.69 Å². The van der Waals surface area contributed by atoms with Crippen LogP contribution in [-0.4, -0.2) is 21.9 Å². The van der Waals surface area contributed by atoms with Crippen molar-refractivity contribution >= 4 is 33.5 Å². The van der Waals surface area contributed by atoms with E-state index in [1.807, 2.05) is 0 Å². The molecule has 1 saturated carbocycles. The number of anilines is 2. The summed E-state index contributed by atoms with van der Waals surface area (Å²) in [6, 6.07) is 6.76. The standard InChI is InChI=1S/C18H18BrF3N4O/c19-11-5-4-8-13(9-11)25-17-23-10-14(15(26-17)18(20,21)22)16(27)24-12-6-2-1-3-7-12/h4-5,8-10,12H,1-3,6-7H2,(H,24,27)(H,23,25,26). The van der Waals surface area contributed by atoms with Gasteiger partial charge >= 0.3 is 6.18 Å². The highest BCUT2D eigenvalue weighted by molar-refractivity contribution is 9.10. The average Bonchev–Trinajstić information content (AvgIpc) is 2.62. The third kappa shape index (κ3) is 5.18. The Labute approximate surface area is 162 Å². The number of hydrogen-bond donors (Lipinski definition) is 2. The molecule has 0 bridgehead atoms. The maximum absolute atomic E-state index is 13.5. The van der Waals surface area contributed by atoms with E-state index in [-0.39, 0.29) is 12.0 Å². The largest absolute Gasteiger partial charge is 0.434 e. The molecule has 1 heterocycles. The van der Waals surface area contributed by atoms with Crippen LogP contribution in [0.25, 0.3) is 0 Å². The SMILES string of the molecule is O=C(NC1CCCCC1)c1cnc(Nc2cccc(Br)c2)nc1C(F)(F)F. The number of carbonyl (C=O) groups is 1. The topological polar surface area (TPSA) is 66.9 Å². The van der Waals surface area contributed by atoms with Crippen molar-refractivity contribution in [2.75, 3.05) is 5.32 Å². The lowest BCUT2D eigenvalue weighted by Gasteiger charge is -2.23. The number of aromatic nitrogens is 2. The molecule has 9 heteroatoms. The molecule has 3 rings (SSSR count). The van der Waals surface area contributed by atoms with E-state index in [1.165, 1.54) is 0 Å². The van der Waals surface area contributed by atoms with Crippen LogP contribution >= 0.6 is 15.9 Å². The maximum atomic E-state index is 13.5. The molecule has 27 heavy (non-hydrogen) atoms. The summed E-state index contributed by atoms with van der Waals surface area (Å²) in [5.74, 6) is -1.02. The first-order valence-electron chi connectivity index (χ1n) is 8.60. The molecule has 0 unspecified atom stereocenters. The second-order valence-electron chi connectivity index (χ2n) is 6.40. The molecule has 1 aromatic carbocycles. The Morgan fingerprint density at radius 3 is 2.59 bits per heavy atom. The molecule has 0 radical (unpaired) electrons. The van der Waals surface area contributed by atoms with Crippen molar-refractivity contribution in [3.63, 3.8) is 0 Å². The number of amides is 1. The number of nitrogens with one attached hydrogen (secondary N) is 2.